The summed E-state index contributed by atoms with van der Waals surface area (Å²) in [7, 11) is 0. The van der Waals surface area contributed by atoms with Crippen LogP contribution in [0.4, 0.5) is 4.39 Å². The van der Waals surface area contributed by atoms with E-state index in [0.717, 1.165) is 5.69 Å². The Morgan fingerprint density at radius 3 is 2.48 bits per heavy atom. The molecule has 0 saturated carbocycles. The third-order valence-electron chi connectivity index (χ3n) is 3.58. The van der Waals surface area contributed by atoms with Gasteiger partial charge in [0.05, 0.1) is 11.9 Å². The number of hydrogen-bond acceptors (Lipinski definition) is 5. The molecule has 0 aliphatic carbocycles. The summed E-state index contributed by atoms with van der Waals surface area (Å²) in [4.78, 5) is 8.99. The highest BCUT2D eigenvalue weighted by Gasteiger charge is 2.15. The minimum Gasteiger partial charge on any atom is -0.438 e. The van der Waals surface area contributed by atoms with Crippen LogP contribution in [0.1, 0.15) is 0 Å². The first-order chi connectivity index (χ1) is 12.2. The average molecular weight is 352 g/mol. The highest BCUT2D eigenvalue weighted by molar-refractivity contribution is 7.98. The van der Waals surface area contributed by atoms with Crippen LogP contribution in [0.25, 0.3) is 16.7 Å². The summed E-state index contributed by atoms with van der Waals surface area (Å²) in [5.74, 6) is 0.575. The molecule has 0 N–H and O–H groups in total. The van der Waals surface area contributed by atoms with Gasteiger partial charge in [0, 0.05) is 0 Å². The van der Waals surface area contributed by atoms with E-state index in [-0.39, 0.29) is 5.82 Å². The number of nitrogens with zero attached hydrogens (tertiary/aromatic N) is 4. The van der Waals surface area contributed by atoms with Gasteiger partial charge < -0.3 is 4.74 Å². The molecule has 0 amide bonds. The maximum atomic E-state index is 13.1. The van der Waals surface area contributed by atoms with Crippen molar-refractivity contribution in [2.45, 2.75) is 5.16 Å². The van der Waals surface area contributed by atoms with Gasteiger partial charge in [-0.3, -0.25) is 0 Å². The van der Waals surface area contributed by atoms with Crippen molar-refractivity contribution < 1.29 is 9.13 Å². The second kappa shape index (κ2) is 6.52. The van der Waals surface area contributed by atoms with Gasteiger partial charge in [-0.2, -0.15) is 10.1 Å². The van der Waals surface area contributed by atoms with Crippen molar-refractivity contribution in [2.24, 2.45) is 0 Å². The molecule has 0 atom stereocenters. The second-order valence-corrected chi connectivity index (χ2v) is 5.97. The highest BCUT2D eigenvalue weighted by Crippen LogP contribution is 2.30. The lowest BCUT2D eigenvalue weighted by Gasteiger charge is -2.08. The van der Waals surface area contributed by atoms with Crippen LogP contribution in [0.3, 0.4) is 0 Å². The van der Waals surface area contributed by atoms with E-state index in [9.17, 15) is 4.39 Å². The van der Waals surface area contributed by atoms with Gasteiger partial charge in [-0.1, -0.05) is 30.0 Å². The van der Waals surface area contributed by atoms with Gasteiger partial charge in [0.1, 0.15) is 17.0 Å². The van der Waals surface area contributed by atoms with Crippen molar-refractivity contribution in [3.63, 3.8) is 0 Å². The number of aromatic nitrogens is 4. The molecule has 7 heteroatoms. The third kappa shape index (κ3) is 3.06. The maximum absolute atomic E-state index is 13.1. The van der Waals surface area contributed by atoms with Gasteiger partial charge in [0.25, 0.3) is 0 Å². The maximum Gasteiger partial charge on any atom is 0.234 e. The molecule has 2 aromatic carbocycles. The standard InChI is InChI=1S/C18H13FN4OS/c1-25-18-21-16-15(11-20-23(16)13-5-3-2-4-6-13)17(22-18)24-14-9-7-12(19)8-10-14/h2-11H,1H3. The number of thioether (sulfide) groups is 1. The molecule has 0 unspecified atom stereocenters. The summed E-state index contributed by atoms with van der Waals surface area (Å²) in [5.41, 5.74) is 1.55. The van der Waals surface area contributed by atoms with Crippen LogP contribution in [0.15, 0.2) is 66.0 Å². The lowest BCUT2D eigenvalue weighted by molar-refractivity contribution is 0.461. The van der Waals surface area contributed by atoms with Crippen LogP contribution in [0.5, 0.6) is 11.6 Å². The zero-order valence-corrected chi connectivity index (χ0v) is 14.1. The van der Waals surface area contributed by atoms with Crippen LogP contribution in [0.2, 0.25) is 0 Å². The van der Waals surface area contributed by atoms with E-state index >= 15 is 0 Å². The first-order valence-corrected chi connectivity index (χ1v) is 8.75. The molecule has 0 spiro atoms. The Hall–Kier alpha value is -2.93. The van der Waals surface area contributed by atoms with Crippen LogP contribution >= 0.6 is 11.8 Å². The fourth-order valence-electron chi connectivity index (χ4n) is 2.40. The molecule has 4 aromatic rings. The first kappa shape index (κ1) is 15.6. The monoisotopic (exact) mass is 352 g/mol. The minimum atomic E-state index is -0.318. The lowest BCUT2D eigenvalue weighted by Crippen LogP contribution is -1.99. The molecule has 0 saturated heterocycles. The Kier molecular flexibility index (Phi) is 4.07. The zero-order chi connectivity index (χ0) is 17.2. The fraction of sp³-hybridized carbons (Fsp3) is 0.0556. The fourth-order valence-corrected chi connectivity index (χ4v) is 2.76. The lowest BCUT2D eigenvalue weighted by atomic mass is 10.3. The Balaban J connectivity index is 1.84. The Bertz CT molecular complexity index is 1020. The number of benzene rings is 2. The largest absolute Gasteiger partial charge is 0.438 e. The van der Waals surface area contributed by atoms with Gasteiger partial charge in [-0.15, -0.1) is 0 Å². The summed E-state index contributed by atoms with van der Waals surface area (Å²) in [6.07, 6.45) is 3.57. The Labute approximate surface area is 147 Å². The molecule has 2 aromatic heterocycles. The molecule has 25 heavy (non-hydrogen) atoms. The van der Waals surface area contributed by atoms with Gasteiger partial charge in [0.15, 0.2) is 10.8 Å². The Morgan fingerprint density at radius 2 is 1.76 bits per heavy atom. The number of halogens is 1. The molecular formula is C18H13FN4OS. The summed E-state index contributed by atoms with van der Waals surface area (Å²) >= 11 is 1.41. The first-order valence-electron chi connectivity index (χ1n) is 7.53. The van der Waals surface area contributed by atoms with E-state index < -0.39 is 0 Å². The van der Waals surface area contributed by atoms with Crippen LogP contribution in [-0.2, 0) is 0 Å². The number of rotatable bonds is 4. The Morgan fingerprint density at radius 1 is 1.00 bits per heavy atom. The van der Waals surface area contributed by atoms with Crippen molar-refractivity contribution in [3.8, 4) is 17.3 Å². The molecule has 124 valence electrons. The molecule has 0 fully saturated rings. The van der Waals surface area contributed by atoms with E-state index in [1.54, 1.807) is 23.0 Å². The summed E-state index contributed by atoms with van der Waals surface area (Å²) in [6.45, 7) is 0. The van der Waals surface area contributed by atoms with Crippen LogP contribution < -0.4 is 4.74 Å². The molecule has 0 aliphatic rings. The molecule has 0 aliphatic heterocycles. The molecule has 2 heterocycles. The van der Waals surface area contributed by atoms with E-state index in [4.69, 9.17) is 4.74 Å². The van der Waals surface area contributed by atoms with Crippen molar-refractivity contribution >= 4 is 22.8 Å². The summed E-state index contributed by atoms with van der Waals surface area (Å²) in [5, 5.41) is 5.68. The van der Waals surface area contributed by atoms with Gasteiger partial charge >= 0.3 is 0 Å². The number of para-hydroxylation sites is 1. The van der Waals surface area contributed by atoms with Gasteiger partial charge in [0.2, 0.25) is 5.88 Å². The topological polar surface area (TPSA) is 52.8 Å². The average Bonchev–Trinajstić information content (AvgIpc) is 3.08. The van der Waals surface area contributed by atoms with Crippen LogP contribution in [-0.4, -0.2) is 26.0 Å². The molecule has 5 nitrogen and oxygen atoms in total. The molecular weight excluding hydrogens is 339 g/mol. The molecule has 0 radical (unpaired) electrons. The van der Waals surface area contributed by atoms with E-state index in [0.29, 0.717) is 27.8 Å². The van der Waals surface area contributed by atoms with Gasteiger partial charge in [-0.25, -0.2) is 14.1 Å². The predicted octanol–water partition coefficient (Wildman–Crippen LogP) is 4.47. The van der Waals surface area contributed by atoms with Gasteiger partial charge in [-0.05, 0) is 42.7 Å². The smallest absolute Gasteiger partial charge is 0.234 e. The van der Waals surface area contributed by atoms with E-state index in [1.807, 2.05) is 36.6 Å². The summed E-state index contributed by atoms with van der Waals surface area (Å²) in [6, 6.07) is 15.5. The van der Waals surface area contributed by atoms with E-state index in [2.05, 4.69) is 15.1 Å². The van der Waals surface area contributed by atoms with Crippen molar-refractivity contribution in [2.75, 3.05) is 6.26 Å². The van der Waals surface area contributed by atoms with E-state index in [1.165, 1.54) is 23.9 Å². The number of fused-ring (bicyclic) bond motifs is 1. The number of ether oxygens (including phenoxy) is 1. The number of hydrogen-bond donors (Lipinski definition) is 0. The highest BCUT2D eigenvalue weighted by atomic mass is 32.2. The zero-order valence-electron chi connectivity index (χ0n) is 13.3. The van der Waals surface area contributed by atoms with Crippen molar-refractivity contribution in [3.05, 3.63) is 66.6 Å². The van der Waals surface area contributed by atoms with Crippen LogP contribution in [0, 0.1) is 5.82 Å². The van der Waals surface area contributed by atoms with Crippen molar-refractivity contribution in [1.29, 1.82) is 0 Å². The normalized spacial score (nSPS) is 11.0. The summed E-state index contributed by atoms with van der Waals surface area (Å²) < 4.78 is 20.7. The minimum absolute atomic E-state index is 0.318. The predicted molar refractivity (Wildman–Crippen MR) is 94.9 cm³/mol. The third-order valence-corrected chi connectivity index (χ3v) is 4.13. The quantitative estimate of drug-likeness (QED) is 0.401. The SMILES string of the molecule is CSc1nc(Oc2ccc(F)cc2)c2cnn(-c3ccccc3)c2n1. The second-order valence-electron chi connectivity index (χ2n) is 5.20. The molecule has 0 bridgehead atoms. The molecule has 4 rings (SSSR count). The van der Waals surface area contributed by atoms with Crippen molar-refractivity contribution in [1.82, 2.24) is 19.7 Å².